The number of nitrogens with zero attached hydrogens (tertiary/aromatic N) is 4. The average molecular weight is 489 g/mol. The smallest absolute Gasteiger partial charge is 0.228 e. The predicted molar refractivity (Wildman–Crippen MR) is 141 cm³/mol. The van der Waals surface area contributed by atoms with Crippen molar-refractivity contribution >= 4 is 11.6 Å². The second-order valence-corrected chi connectivity index (χ2v) is 9.91. The third-order valence-corrected chi connectivity index (χ3v) is 7.47. The van der Waals surface area contributed by atoms with Gasteiger partial charge in [0, 0.05) is 50.3 Å². The molecule has 7 heteroatoms. The molecule has 2 heterocycles. The number of hydrogen-bond acceptors (Lipinski definition) is 5. The Hall–Kier alpha value is -3.48. The highest BCUT2D eigenvalue weighted by atomic mass is 16.5. The first kappa shape index (κ1) is 24.2. The monoisotopic (exact) mass is 488 g/mol. The van der Waals surface area contributed by atoms with Gasteiger partial charge in [0.15, 0.2) is 11.5 Å². The van der Waals surface area contributed by atoms with Crippen LogP contribution in [0, 0.1) is 0 Å². The minimum atomic E-state index is 0.0724. The number of carbonyl (C=O) groups is 1. The second kappa shape index (κ2) is 11.1. The van der Waals surface area contributed by atoms with Crippen molar-refractivity contribution in [1.29, 1.82) is 0 Å². The van der Waals surface area contributed by atoms with Crippen LogP contribution < -0.4 is 14.4 Å². The van der Waals surface area contributed by atoms with Gasteiger partial charge in [-0.25, -0.2) is 4.98 Å². The van der Waals surface area contributed by atoms with E-state index in [0.717, 1.165) is 55.2 Å². The summed E-state index contributed by atoms with van der Waals surface area (Å²) in [5, 5.41) is 0. The van der Waals surface area contributed by atoms with Crippen molar-refractivity contribution in [3.05, 3.63) is 72.3 Å². The van der Waals surface area contributed by atoms with Gasteiger partial charge in [-0.05, 0) is 49.8 Å². The number of ether oxygens (including phenoxy) is 2. The maximum absolute atomic E-state index is 13.4. The SMILES string of the molecule is COc1ccc(N2CCN(C(=O)Cc3cncn3C)C(Cc3ccccc3)C2)cc1OC1CCCC1. The zero-order valence-electron chi connectivity index (χ0n) is 21.3. The lowest BCUT2D eigenvalue weighted by Gasteiger charge is -2.43. The van der Waals surface area contributed by atoms with Gasteiger partial charge < -0.3 is 23.8 Å². The van der Waals surface area contributed by atoms with E-state index < -0.39 is 0 Å². The molecule has 190 valence electrons. The molecule has 2 aromatic carbocycles. The second-order valence-electron chi connectivity index (χ2n) is 9.91. The Morgan fingerprint density at radius 1 is 1.06 bits per heavy atom. The molecule has 0 N–H and O–H groups in total. The number of methoxy groups -OCH3 is 1. The van der Waals surface area contributed by atoms with E-state index in [4.69, 9.17) is 9.47 Å². The van der Waals surface area contributed by atoms with E-state index in [1.54, 1.807) is 19.6 Å². The molecule has 5 rings (SSSR count). The lowest BCUT2D eigenvalue weighted by atomic mass is 10.0. The fraction of sp³-hybridized carbons (Fsp3) is 0.448. The molecule has 1 amide bonds. The van der Waals surface area contributed by atoms with Gasteiger partial charge in [0.25, 0.3) is 0 Å². The molecule has 36 heavy (non-hydrogen) atoms. The van der Waals surface area contributed by atoms with Gasteiger partial charge in [-0.2, -0.15) is 0 Å². The normalized spacial score (nSPS) is 18.4. The number of imidazole rings is 1. The van der Waals surface area contributed by atoms with Crippen LogP contribution in [0.25, 0.3) is 0 Å². The highest BCUT2D eigenvalue weighted by Crippen LogP contribution is 2.36. The van der Waals surface area contributed by atoms with Crippen molar-refractivity contribution in [2.45, 2.75) is 50.7 Å². The van der Waals surface area contributed by atoms with Crippen molar-refractivity contribution < 1.29 is 14.3 Å². The van der Waals surface area contributed by atoms with E-state index in [9.17, 15) is 4.79 Å². The lowest BCUT2D eigenvalue weighted by Crippen LogP contribution is -2.56. The Morgan fingerprint density at radius 2 is 1.86 bits per heavy atom. The summed E-state index contributed by atoms with van der Waals surface area (Å²) < 4.78 is 13.9. The Kier molecular flexibility index (Phi) is 7.44. The fourth-order valence-electron chi connectivity index (χ4n) is 5.43. The topological polar surface area (TPSA) is 59.8 Å². The summed E-state index contributed by atoms with van der Waals surface area (Å²) in [4.78, 5) is 22.0. The van der Waals surface area contributed by atoms with Crippen molar-refractivity contribution in [1.82, 2.24) is 14.5 Å². The zero-order valence-corrected chi connectivity index (χ0v) is 21.3. The first-order valence-electron chi connectivity index (χ1n) is 13.0. The number of hydrogen-bond donors (Lipinski definition) is 0. The summed E-state index contributed by atoms with van der Waals surface area (Å²) >= 11 is 0. The number of aromatic nitrogens is 2. The maximum atomic E-state index is 13.4. The molecule has 2 fully saturated rings. The number of anilines is 1. The molecular weight excluding hydrogens is 452 g/mol. The van der Waals surface area contributed by atoms with Crippen LogP contribution in [0.5, 0.6) is 11.5 Å². The van der Waals surface area contributed by atoms with Gasteiger partial charge in [-0.3, -0.25) is 4.79 Å². The van der Waals surface area contributed by atoms with Gasteiger partial charge >= 0.3 is 0 Å². The molecule has 1 saturated carbocycles. The van der Waals surface area contributed by atoms with Crippen molar-refractivity contribution in [3.8, 4) is 11.5 Å². The van der Waals surface area contributed by atoms with Gasteiger partial charge in [-0.15, -0.1) is 0 Å². The van der Waals surface area contributed by atoms with Gasteiger partial charge in [0.2, 0.25) is 5.91 Å². The van der Waals surface area contributed by atoms with Crippen molar-refractivity contribution in [2.24, 2.45) is 7.05 Å². The number of rotatable bonds is 8. The molecule has 1 aliphatic heterocycles. The first-order valence-corrected chi connectivity index (χ1v) is 13.0. The number of aryl methyl sites for hydroxylation is 1. The molecular formula is C29H36N4O3. The molecule has 3 aromatic rings. The van der Waals surface area contributed by atoms with Crippen LogP contribution in [-0.4, -0.2) is 59.2 Å². The van der Waals surface area contributed by atoms with Crippen LogP contribution >= 0.6 is 0 Å². The highest BCUT2D eigenvalue weighted by molar-refractivity contribution is 5.79. The van der Waals surface area contributed by atoms with E-state index in [2.05, 4.69) is 51.2 Å². The Labute approximate surface area is 213 Å². The summed E-state index contributed by atoms with van der Waals surface area (Å²) in [6.07, 6.45) is 9.63. The van der Waals surface area contributed by atoms with Crippen LogP contribution in [0.3, 0.4) is 0 Å². The maximum Gasteiger partial charge on any atom is 0.228 e. The first-order chi connectivity index (χ1) is 17.6. The molecule has 1 atom stereocenters. The lowest BCUT2D eigenvalue weighted by molar-refractivity contribution is -0.133. The predicted octanol–water partition coefficient (Wildman–Crippen LogP) is 4.25. The molecule has 0 radical (unpaired) electrons. The third-order valence-electron chi connectivity index (χ3n) is 7.47. The van der Waals surface area contributed by atoms with Gasteiger partial charge in [-0.1, -0.05) is 30.3 Å². The summed E-state index contributed by atoms with van der Waals surface area (Å²) in [6, 6.07) is 16.7. The van der Waals surface area contributed by atoms with E-state index >= 15 is 0 Å². The average Bonchev–Trinajstić information content (AvgIpc) is 3.56. The Bertz CT molecular complexity index is 1160. The van der Waals surface area contributed by atoms with Crippen LogP contribution in [0.15, 0.2) is 61.1 Å². The molecule has 1 aromatic heterocycles. The van der Waals surface area contributed by atoms with Crippen LogP contribution in [0.1, 0.15) is 36.9 Å². The molecule has 1 aliphatic carbocycles. The highest BCUT2D eigenvalue weighted by Gasteiger charge is 2.31. The van der Waals surface area contributed by atoms with Crippen molar-refractivity contribution in [2.75, 3.05) is 31.6 Å². The largest absolute Gasteiger partial charge is 0.493 e. The molecule has 0 bridgehead atoms. The van der Waals surface area contributed by atoms with Crippen LogP contribution in [0.2, 0.25) is 0 Å². The zero-order chi connectivity index (χ0) is 24.9. The number of piperazine rings is 1. The van der Waals surface area contributed by atoms with E-state index in [1.807, 2.05) is 23.7 Å². The molecule has 2 aliphatic rings. The molecule has 1 unspecified atom stereocenters. The van der Waals surface area contributed by atoms with Gasteiger partial charge in [0.05, 0.1) is 32.0 Å². The summed E-state index contributed by atoms with van der Waals surface area (Å²) in [5.74, 6) is 1.74. The third kappa shape index (κ3) is 5.50. The van der Waals surface area contributed by atoms with E-state index in [0.29, 0.717) is 13.0 Å². The minimum Gasteiger partial charge on any atom is -0.493 e. The Balaban J connectivity index is 1.36. The number of benzene rings is 2. The van der Waals surface area contributed by atoms with Crippen molar-refractivity contribution in [3.63, 3.8) is 0 Å². The molecule has 0 spiro atoms. The van der Waals surface area contributed by atoms with Gasteiger partial charge in [0.1, 0.15) is 0 Å². The standard InChI is InChI=1S/C29H36N4O3/c1-31-21-30-19-24(31)18-29(34)33-15-14-32(20-25(33)16-22-8-4-3-5-9-22)23-12-13-27(35-2)28(17-23)36-26-10-6-7-11-26/h3-5,8-9,12-13,17,19,21,25-26H,6-7,10-11,14-16,18,20H2,1-2H3. The van der Waals surface area contributed by atoms with E-state index in [1.165, 1.54) is 18.4 Å². The molecule has 1 saturated heterocycles. The minimum absolute atomic E-state index is 0.0724. The van der Waals surface area contributed by atoms with E-state index in [-0.39, 0.29) is 18.1 Å². The summed E-state index contributed by atoms with van der Waals surface area (Å²) in [7, 11) is 3.63. The van der Waals surface area contributed by atoms with Crippen LogP contribution in [0.4, 0.5) is 5.69 Å². The molecule has 7 nitrogen and oxygen atoms in total. The fourth-order valence-corrected chi connectivity index (χ4v) is 5.43. The summed E-state index contributed by atoms with van der Waals surface area (Å²) in [6.45, 7) is 2.22. The number of amides is 1. The summed E-state index contributed by atoms with van der Waals surface area (Å²) in [5.41, 5.74) is 3.29. The number of carbonyl (C=O) groups excluding carboxylic acids is 1. The quantitative estimate of drug-likeness (QED) is 0.474. The van der Waals surface area contributed by atoms with Crippen LogP contribution in [-0.2, 0) is 24.7 Å². The Morgan fingerprint density at radius 3 is 2.58 bits per heavy atom.